The fraction of sp³-hybridized carbons (Fsp3) is 0.500. The second-order valence-electron chi connectivity index (χ2n) is 5.53. The van der Waals surface area contributed by atoms with Gasteiger partial charge >= 0.3 is 5.97 Å². The lowest BCUT2D eigenvalue weighted by Crippen LogP contribution is -2.33. The van der Waals surface area contributed by atoms with Crippen molar-refractivity contribution in [3.05, 3.63) is 23.8 Å². The van der Waals surface area contributed by atoms with Crippen LogP contribution < -0.4 is 9.46 Å². The van der Waals surface area contributed by atoms with Gasteiger partial charge in [-0.1, -0.05) is 0 Å². The molecule has 7 heteroatoms. The van der Waals surface area contributed by atoms with E-state index in [4.69, 9.17) is 9.84 Å². The average Bonchev–Trinajstić information content (AvgIpc) is 3.05. The molecule has 0 amide bonds. The van der Waals surface area contributed by atoms with Gasteiger partial charge in [0.1, 0.15) is 5.75 Å². The monoisotopic (exact) mass is 311 g/mol. The van der Waals surface area contributed by atoms with Gasteiger partial charge in [0.15, 0.2) is 0 Å². The van der Waals surface area contributed by atoms with Crippen molar-refractivity contribution in [2.24, 2.45) is 5.92 Å². The molecule has 0 radical (unpaired) electrons. The van der Waals surface area contributed by atoms with Gasteiger partial charge in [-0.25, -0.2) is 13.1 Å². The molecule has 1 aliphatic heterocycles. The predicted molar refractivity (Wildman–Crippen MR) is 74.7 cm³/mol. The quantitative estimate of drug-likeness (QED) is 0.870. The van der Waals surface area contributed by atoms with Gasteiger partial charge in [-0.2, -0.15) is 0 Å². The third kappa shape index (κ3) is 2.89. The van der Waals surface area contributed by atoms with Crippen LogP contribution in [0.4, 0.5) is 0 Å². The van der Waals surface area contributed by atoms with Gasteiger partial charge in [0.25, 0.3) is 0 Å². The largest absolute Gasteiger partial charge is 0.493 e. The Labute approximate surface area is 123 Å². The number of sulfonamides is 1. The molecule has 0 aromatic heterocycles. The highest BCUT2D eigenvalue weighted by molar-refractivity contribution is 7.89. The number of nitrogens with one attached hydrogen (secondary N) is 1. The van der Waals surface area contributed by atoms with E-state index in [1.165, 1.54) is 6.07 Å². The Morgan fingerprint density at radius 1 is 1.33 bits per heavy atom. The van der Waals surface area contributed by atoms with E-state index in [-0.39, 0.29) is 10.9 Å². The zero-order chi connectivity index (χ0) is 15.0. The van der Waals surface area contributed by atoms with Crippen LogP contribution in [-0.2, 0) is 21.2 Å². The maximum absolute atomic E-state index is 12.4. The molecule has 0 saturated heterocycles. The molecule has 3 rings (SSSR count). The second-order valence-corrected chi connectivity index (χ2v) is 7.25. The third-order valence-corrected chi connectivity index (χ3v) is 5.59. The summed E-state index contributed by atoms with van der Waals surface area (Å²) in [6, 6.07) is 4.52. The SMILES string of the molecule is O=C(O)C1CCC(NS(=O)(=O)c2ccc3c(c2)CCO3)C1. The molecule has 0 spiro atoms. The lowest BCUT2D eigenvalue weighted by molar-refractivity contribution is -0.141. The molecule has 21 heavy (non-hydrogen) atoms. The van der Waals surface area contributed by atoms with Crippen LogP contribution in [0.5, 0.6) is 5.75 Å². The third-order valence-electron chi connectivity index (χ3n) is 4.07. The summed E-state index contributed by atoms with van der Waals surface area (Å²) in [4.78, 5) is 11.1. The molecule has 0 bridgehead atoms. The van der Waals surface area contributed by atoms with Gasteiger partial charge in [-0.3, -0.25) is 4.79 Å². The van der Waals surface area contributed by atoms with Gasteiger partial charge < -0.3 is 9.84 Å². The van der Waals surface area contributed by atoms with E-state index >= 15 is 0 Å². The fourth-order valence-corrected chi connectivity index (χ4v) is 4.26. The van der Waals surface area contributed by atoms with Crippen molar-refractivity contribution in [1.29, 1.82) is 0 Å². The summed E-state index contributed by atoms with van der Waals surface area (Å²) < 4.78 is 32.7. The first-order chi connectivity index (χ1) is 9.95. The highest BCUT2D eigenvalue weighted by Crippen LogP contribution is 2.29. The molecule has 1 aromatic rings. The van der Waals surface area contributed by atoms with Gasteiger partial charge in [0.05, 0.1) is 17.4 Å². The predicted octanol–water partition coefficient (Wildman–Crippen LogP) is 1.15. The first kappa shape index (κ1) is 14.3. The average molecular weight is 311 g/mol. The number of hydrogen-bond acceptors (Lipinski definition) is 4. The Hall–Kier alpha value is -1.60. The number of fused-ring (bicyclic) bond motifs is 1. The summed E-state index contributed by atoms with van der Waals surface area (Å²) in [5.74, 6) is -0.571. The first-order valence-corrected chi connectivity index (χ1v) is 8.45. The Balaban J connectivity index is 1.74. The van der Waals surface area contributed by atoms with E-state index in [9.17, 15) is 13.2 Å². The molecule has 2 N–H and O–H groups in total. The maximum Gasteiger partial charge on any atom is 0.306 e. The summed E-state index contributed by atoms with van der Waals surface area (Å²) in [6.07, 6.45) is 2.14. The van der Waals surface area contributed by atoms with Crippen molar-refractivity contribution in [3.63, 3.8) is 0 Å². The molecular formula is C14H17NO5S. The normalized spacial score (nSPS) is 24.6. The number of carboxylic acid groups (broad SMARTS) is 1. The standard InChI is InChI=1S/C14H17NO5S/c16-14(17)10-1-2-11(7-10)15-21(18,19)12-3-4-13-9(8-12)5-6-20-13/h3-4,8,10-11,15H,1-2,5-7H2,(H,16,17). The van der Waals surface area contributed by atoms with Crippen LogP contribution in [0, 0.1) is 5.92 Å². The number of benzene rings is 1. The van der Waals surface area contributed by atoms with E-state index in [0.717, 1.165) is 11.3 Å². The highest BCUT2D eigenvalue weighted by atomic mass is 32.2. The van der Waals surface area contributed by atoms with Crippen molar-refractivity contribution in [3.8, 4) is 5.75 Å². The number of carbonyl (C=O) groups is 1. The van der Waals surface area contributed by atoms with Crippen LogP contribution in [0.3, 0.4) is 0 Å². The number of ether oxygens (including phenoxy) is 1. The van der Waals surface area contributed by atoms with Crippen LogP contribution in [-0.4, -0.2) is 32.1 Å². The van der Waals surface area contributed by atoms with Crippen LogP contribution in [0.1, 0.15) is 24.8 Å². The summed E-state index contributed by atoms with van der Waals surface area (Å²) >= 11 is 0. The number of aliphatic carboxylic acids is 1. The fourth-order valence-electron chi connectivity index (χ4n) is 2.93. The molecule has 2 unspecified atom stereocenters. The van der Waals surface area contributed by atoms with Crippen molar-refractivity contribution in [1.82, 2.24) is 4.72 Å². The molecular weight excluding hydrogens is 294 g/mol. The van der Waals surface area contributed by atoms with E-state index in [1.807, 2.05) is 0 Å². The number of hydrogen-bond donors (Lipinski definition) is 2. The Bertz CT molecular complexity index is 670. The van der Waals surface area contributed by atoms with Crippen molar-refractivity contribution in [2.45, 2.75) is 36.6 Å². The highest BCUT2D eigenvalue weighted by Gasteiger charge is 2.32. The molecule has 1 aliphatic carbocycles. The van der Waals surface area contributed by atoms with Crippen LogP contribution in [0.2, 0.25) is 0 Å². The Kier molecular flexibility index (Phi) is 3.62. The summed E-state index contributed by atoms with van der Waals surface area (Å²) in [5.41, 5.74) is 0.896. The summed E-state index contributed by atoms with van der Waals surface area (Å²) in [7, 11) is -3.61. The minimum atomic E-state index is -3.61. The second kappa shape index (κ2) is 5.31. The van der Waals surface area contributed by atoms with Gasteiger partial charge in [-0.15, -0.1) is 0 Å². The molecule has 1 aromatic carbocycles. The molecule has 1 fully saturated rings. The zero-order valence-corrected chi connectivity index (χ0v) is 12.2. The van der Waals surface area contributed by atoms with Crippen molar-refractivity contribution in [2.75, 3.05) is 6.61 Å². The lowest BCUT2D eigenvalue weighted by atomic mass is 10.1. The van der Waals surface area contributed by atoms with Gasteiger partial charge in [0.2, 0.25) is 10.0 Å². The van der Waals surface area contributed by atoms with Crippen LogP contribution in [0.15, 0.2) is 23.1 Å². The topological polar surface area (TPSA) is 92.7 Å². The molecule has 1 saturated carbocycles. The number of carboxylic acids is 1. The molecule has 1 heterocycles. The first-order valence-electron chi connectivity index (χ1n) is 6.96. The molecule has 2 atom stereocenters. The van der Waals surface area contributed by atoms with Crippen molar-refractivity contribution < 1.29 is 23.1 Å². The minimum absolute atomic E-state index is 0.213. The molecule has 6 nitrogen and oxygen atoms in total. The Morgan fingerprint density at radius 3 is 2.86 bits per heavy atom. The smallest absolute Gasteiger partial charge is 0.306 e. The zero-order valence-electron chi connectivity index (χ0n) is 11.4. The summed E-state index contributed by atoms with van der Waals surface area (Å²) in [5, 5.41) is 8.96. The maximum atomic E-state index is 12.4. The Morgan fingerprint density at radius 2 is 2.14 bits per heavy atom. The number of rotatable bonds is 4. The molecule has 114 valence electrons. The lowest BCUT2D eigenvalue weighted by Gasteiger charge is -2.13. The van der Waals surface area contributed by atoms with Gasteiger partial charge in [0, 0.05) is 12.5 Å². The minimum Gasteiger partial charge on any atom is -0.493 e. The molecule has 2 aliphatic rings. The van der Waals surface area contributed by atoms with E-state index in [0.29, 0.717) is 32.3 Å². The summed E-state index contributed by atoms with van der Waals surface area (Å²) in [6.45, 7) is 0.579. The van der Waals surface area contributed by atoms with E-state index < -0.39 is 21.9 Å². The van der Waals surface area contributed by atoms with Crippen LogP contribution >= 0.6 is 0 Å². The van der Waals surface area contributed by atoms with E-state index in [2.05, 4.69) is 4.72 Å². The van der Waals surface area contributed by atoms with E-state index in [1.54, 1.807) is 12.1 Å². The van der Waals surface area contributed by atoms with Crippen molar-refractivity contribution >= 4 is 16.0 Å². The van der Waals surface area contributed by atoms with Crippen LogP contribution in [0.25, 0.3) is 0 Å². The van der Waals surface area contributed by atoms with Gasteiger partial charge in [-0.05, 0) is 43.0 Å².